The van der Waals surface area contributed by atoms with Crippen LogP contribution in [0.5, 0.6) is 0 Å². The lowest BCUT2D eigenvalue weighted by molar-refractivity contribution is -0.126. The quantitative estimate of drug-likeness (QED) is 0.427. The first-order chi connectivity index (χ1) is 15.8. The maximum Gasteiger partial charge on any atom is 0.262 e. The van der Waals surface area contributed by atoms with Crippen molar-refractivity contribution in [2.75, 3.05) is 16.8 Å². The highest BCUT2D eigenvalue weighted by molar-refractivity contribution is 8.00. The molecule has 0 fully saturated rings. The number of carbonyl (C=O) groups excluding carboxylic acids is 2. The normalized spacial score (nSPS) is 15.8. The number of benzene rings is 2. The fourth-order valence-corrected chi connectivity index (χ4v) is 4.88. The van der Waals surface area contributed by atoms with Crippen LogP contribution >= 0.6 is 11.8 Å². The van der Waals surface area contributed by atoms with Crippen molar-refractivity contribution in [1.82, 2.24) is 9.55 Å². The highest BCUT2D eigenvalue weighted by Gasteiger charge is 2.45. The molecule has 4 rings (SSSR count). The van der Waals surface area contributed by atoms with Crippen LogP contribution in [0.4, 0.5) is 11.4 Å². The predicted molar refractivity (Wildman–Crippen MR) is 130 cm³/mol. The molecular formula is C24H26N4O4S. The maximum absolute atomic E-state index is 13.7. The lowest BCUT2D eigenvalue weighted by Crippen LogP contribution is -2.60. The summed E-state index contributed by atoms with van der Waals surface area (Å²) in [5.41, 5.74) is 0.458. The van der Waals surface area contributed by atoms with E-state index in [-0.39, 0.29) is 30.5 Å². The smallest absolute Gasteiger partial charge is 0.262 e. The first-order valence-corrected chi connectivity index (χ1v) is 11.7. The third-order valence-corrected chi connectivity index (χ3v) is 6.80. The average Bonchev–Trinajstić information content (AvgIpc) is 2.79. The van der Waals surface area contributed by atoms with Gasteiger partial charge in [-0.05, 0) is 51.5 Å². The molecule has 172 valence electrons. The van der Waals surface area contributed by atoms with Gasteiger partial charge >= 0.3 is 0 Å². The number of nitrogens with zero attached hydrogens (tertiary/aromatic N) is 3. The molecule has 0 saturated heterocycles. The monoisotopic (exact) mass is 466 g/mol. The molecule has 0 radical (unpaired) electrons. The molecule has 2 heterocycles. The molecule has 33 heavy (non-hydrogen) atoms. The number of nitrogens with one attached hydrogen (secondary N) is 1. The number of fused-ring (bicyclic) bond motifs is 2. The van der Waals surface area contributed by atoms with Crippen molar-refractivity contribution < 1.29 is 14.7 Å². The van der Waals surface area contributed by atoms with Crippen LogP contribution in [0.2, 0.25) is 0 Å². The second-order valence-electron chi connectivity index (χ2n) is 8.41. The number of thioether (sulfide) groups is 1. The van der Waals surface area contributed by atoms with E-state index < -0.39 is 10.8 Å². The van der Waals surface area contributed by atoms with E-state index in [0.29, 0.717) is 33.9 Å². The van der Waals surface area contributed by atoms with Crippen LogP contribution in [0.25, 0.3) is 10.9 Å². The summed E-state index contributed by atoms with van der Waals surface area (Å²) >= 11 is 1.18. The van der Waals surface area contributed by atoms with Crippen LogP contribution in [0, 0.1) is 0 Å². The van der Waals surface area contributed by atoms with Gasteiger partial charge in [-0.1, -0.05) is 36.0 Å². The fraction of sp³-hybridized carbons (Fsp3) is 0.333. The van der Waals surface area contributed by atoms with Crippen LogP contribution in [0.1, 0.15) is 27.2 Å². The van der Waals surface area contributed by atoms with Crippen LogP contribution < -0.4 is 15.8 Å². The minimum absolute atomic E-state index is 0.0638. The van der Waals surface area contributed by atoms with Gasteiger partial charge in [-0.25, -0.2) is 4.98 Å². The summed E-state index contributed by atoms with van der Waals surface area (Å²) in [7, 11) is 0. The highest BCUT2D eigenvalue weighted by Crippen LogP contribution is 2.38. The Morgan fingerprint density at radius 3 is 2.61 bits per heavy atom. The SMILES string of the molecule is C[C@@H](Sc1nc2ccccc2c(=O)n1CCCO)C(=O)N1c2ccccc2NC(=O)C1(C)C. The lowest BCUT2D eigenvalue weighted by atomic mass is 9.96. The van der Waals surface area contributed by atoms with E-state index >= 15 is 0 Å². The van der Waals surface area contributed by atoms with Gasteiger partial charge < -0.3 is 10.4 Å². The number of hydrogen-bond acceptors (Lipinski definition) is 6. The molecule has 9 heteroatoms. The molecule has 3 aromatic rings. The molecule has 1 aliphatic rings. The van der Waals surface area contributed by atoms with Crippen molar-refractivity contribution in [1.29, 1.82) is 0 Å². The Balaban J connectivity index is 1.72. The van der Waals surface area contributed by atoms with E-state index in [4.69, 9.17) is 0 Å². The molecule has 0 aliphatic carbocycles. The van der Waals surface area contributed by atoms with Crippen LogP contribution in [-0.4, -0.2) is 43.9 Å². The van der Waals surface area contributed by atoms with Gasteiger partial charge in [0.05, 0.1) is 27.5 Å². The highest BCUT2D eigenvalue weighted by atomic mass is 32.2. The summed E-state index contributed by atoms with van der Waals surface area (Å²) in [5, 5.41) is 12.4. The van der Waals surface area contributed by atoms with Crippen molar-refractivity contribution in [3.63, 3.8) is 0 Å². The van der Waals surface area contributed by atoms with Crippen molar-refractivity contribution in [2.24, 2.45) is 0 Å². The molecule has 0 spiro atoms. The number of anilines is 2. The molecule has 2 amide bonds. The standard InChI is InChI=1S/C24H26N4O4S/c1-15(20(30)28-19-12-7-6-11-18(19)25-22(32)24(28,2)3)33-23-26-17-10-5-4-9-16(17)21(31)27(23)13-8-14-29/h4-7,9-12,15,29H,8,13-14H2,1-3H3,(H,25,32)/t15-/m1/s1. The second kappa shape index (κ2) is 8.99. The van der Waals surface area contributed by atoms with Crippen LogP contribution in [-0.2, 0) is 16.1 Å². The molecule has 0 unspecified atom stereocenters. The van der Waals surface area contributed by atoms with Gasteiger partial charge in [-0.2, -0.15) is 0 Å². The summed E-state index contributed by atoms with van der Waals surface area (Å²) in [6, 6.07) is 14.3. The molecule has 0 saturated carbocycles. The van der Waals surface area contributed by atoms with Gasteiger partial charge in [0.1, 0.15) is 5.54 Å². The zero-order valence-corrected chi connectivity index (χ0v) is 19.6. The van der Waals surface area contributed by atoms with Gasteiger partial charge in [0.25, 0.3) is 5.56 Å². The first-order valence-electron chi connectivity index (χ1n) is 10.8. The zero-order valence-electron chi connectivity index (χ0n) is 18.7. The third kappa shape index (κ3) is 4.14. The maximum atomic E-state index is 13.7. The lowest BCUT2D eigenvalue weighted by Gasteiger charge is -2.43. The Kier molecular flexibility index (Phi) is 6.27. The van der Waals surface area contributed by atoms with Gasteiger partial charge in [-0.3, -0.25) is 23.9 Å². The van der Waals surface area contributed by atoms with Crippen LogP contribution in [0.3, 0.4) is 0 Å². The number of para-hydroxylation sites is 3. The largest absolute Gasteiger partial charge is 0.396 e. The molecule has 1 aromatic heterocycles. The Morgan fingerprint density at radius 1 is 1.15 bits per heavy atom. The first kappa shape index (κ1) is 23.0. The Bertz CT molecular complexity index is 1290. The summed E-state index contributed by atoms with van der Waals surface area (Å²) in [5.74, 6) is -0.529. The Morgan fingerprint density at radius 2 is 1.85 bits per heavy atom. The van der Waals surface area contributed by atoms with E-state index in [9.17, 15) is 19.5 Å². The number of aliphatic hydroxyl groups excluding tert-OH is 1. The summed E-state index contributed by atoms with van der Waals surface area (Å²) in [4.78, 5) is 45.7. The number of carbonyl (C=O) groups is 2. The molecule has 8 nitrogen and oxygen atoms in total. The van der Waals surface area contributed by atoms with Crippen molar-refractivity contribution >= 4 is 45.9 Å². The van der Waals surface area contributed by atoms with E-state index in [0.717, 1.165) is 0 Å². The summed E-state index contributed by atoms with van der Waals surface area (Å²) in [6.07, 6.45) is 0.391. The third-order valence-electron chi connectivity index (χ3n) is 5.72. The number of aromatic nitrogens is 2. The second-order valence-corrected chi connectivity index (χ2v) is 9.72. The van der Waals surface area contributed by atoms with Gasteiger partial charge in [0.15, 0.2) is 5.16 Å². The van der Waals surface area contributed by atoms with E-state index in [1.54, 1.807) is 57.2 Å². The number of aliphatic hydroxyl groups is 1. The van der Waals surface area contributed by atoms with E-state index in [2.05, 4.69) is 10.3 Å². The number of hydrogen-bond donors (Lipinski definition) is 2. The van der Waals surface area contributed by atoms with Gasteiger partial charge in [0.2, 0.25) is 11.8 Å². The average molecular weight is 467 g/mol. The molecule has 2 aromatic carbocycles. The minimum atomic E-state index is -1.09. The molecule has 1 aliphatic heterocycles. The molecule has 2 N–H and O–H groups in total. The van der Waals surface area contributed by atoms with Crippen molar-refractivity contribution in [3.05, 3.63) is 58.9 Å². The van der Waals surface area contributed by atoms with Crippen molar-refractivity contribution in [3.8, 4) is 0 Å². The molecular weight excluding hydrogens is 440 g/mol. The molecule has 0 bridgehead atoms. The van der Waals surface area contributed by atoms with Crippen LogP contribution in [0.15, 0.2) is 58.5 Å². The number of amides is 2. The van der Waals surface area contributed by atoms with Crippen molar-refractivity contribution in [2.45, 2.75) is 49.7 Å². The van der Waals surface area contributed by atoms with E-state index in [1.807, 2.05) is 12.1 Å². The zero-order chi connectivity index (χ0) is 23.8. The predicted octanol–water partition coefficient (Wildman–Crippen LogP) is 3.02. The molecule has 1 atom stereocenters. The van der Waals surface area contributed by atoms with Gasteiger partial charge in [-0.15, -0.1) is 0 Å². The fourth-order valence-electron chi connectivity index (χ4n) is 3.90. The van der Waals surface area contributed by atoms with E-state index in [1.165, 1.54) is 21.2 Å². The Hall–Kier alpha value is -3.17. The number of rotatable bonds is 6. The Labute approximate surface area is 195 Å². The topological polar surface area (TPSA) is 105 Å². The summed E-state index contributed by atoms with van der Waals surface area (Å²) in [6.45, 7) is 5.39. The minimum Gasteiger partial charge on any atom is -0.396 e. The van der Waals surface area contributed by atoms with Gasteiger partial charge in [0, 0.05) is 13.2 Å². The summed E-state index contributed by atoms with van der Waals surface area (Å²) < 4.78 is 1.51.